The lowest BCUT2D eigenvalue weighted by molar-refractivity contribution is -0.137. The van der Waals surface area contributed by atoms with Gasteiger partial charge in [0.15, 0.2) is 0 Å². The summed E-state index contributed by atoms with van der Waals surface area (Å²) in [5, 5.41) is 8.64. The topological polar surface area (TPSA) is 60.9 Å². The van der Waals surface area contributed by atoms with Crippen LogP contribution in [0.4, 0.5) is 11.4 Å². The maximum absolute atomic E-state index is 11.8. The van der Waals surface area contributed by atoms with Gasteiger partial charge < -0.3 is 14.9 Å². The molecule has 18 heavy (non-hydrogen) atoms. The number of hydrogen-bond donors (Lipinski definition) is 1. The van der Waals surface area contributed by atoms with Crippen LogP contribution in [0.2, 0.25) is 0 Å². The smallest absolute Gasteiger partial charge is 0.303 e. The van der Waals surface area contributed by atoms with Gasteiger partial charge in [-0.05, 0) is 18.6 Å². The first kappa shape index (κ1) is 12.4. The van der Waals surface area contributed by atoms with Gasteiger partial charge in [-0.2, -0.15) is 0 Å². The van der Waals surface area contributed by atoms with E-state index in [2.05, 4.69) is 0 Å². The van der Waals surface area contributed by atoms with Crippen LogP contribution in [0.1, 0.15) is 12.8 Å². The molecule has 0 fully saturated rings. The van der Waals surface area contributed by atoms with Crippen molar-refractivity contribution >= 4 is 23.3 Å². The molecule has 1 aromatic carbocycles. The van der Waals surface area contributed by atoms with Crippen molar-refractivity contribution in [3.8, 4) is 0 Å². The number of amides is 1. The number of likely N-dealkylation sites (N-methyl/N-ethyl adjacent to an activating group) is 1. The minimum Gasteiger partial charge on any atom is -0.481 e. The SMILES string of the molecule is CN1C(=O)CN(CCCC(=O)O)c2ccccc21. The zero-order chi connectivity index (χ0) is 13.1. The number of aliphatic carboxylic acids is 1. The second-order valence-electron chi connectivity index (χ2n) is 4.36. The molecule has 5 nitrogen and oxygen atoms in total. The third-order valence-electron chi connectivity index (χ3n) is 3.10. The fourth-order valence-corrected chi connectivity index (χ4v) is 2.12. The number of carbonyl (C=O) groups excluding carboxylic acids is 1. The molecule has 0 saturated carbocycles. The zero-order valence-electron chi connectivity index (χ0n) is 10.3. The van der Waals surface area contributed by atoms with Crippen LogP contribution in [0, 0.1) is 0 Å². The quantitative estimate of drug-likeness (QED) is 0.873. The van der Waals surface area contributed by atoms with Crippen LogP contribution >= 0.6 is 0 Å². The summed E-state index contributed by atoms with van der Waals surface area (Å²) in [6.07, 6.45) is 0.670. The summed E-state index contributed by atoms with van der Waals surface area (Å²) in [5.41, 5.74) is 1.87. The largest absolute Gasteiger partial charge is 0.481 e. The summed E-state index contributed by atoms with van der Waals surface area (Å²) in [6.45, 7) is 0.899. The molecule has 1 aliphatic rings. The van der Waals surface area contributed by atoms with E-state index < -0.39 is 5.97 Å². The Hall–Kier alpha value is -2.04. The Balaban J connectivity index is 2.14. The first-order chi connectivity index (χ1) is 8.59. The molecule has 0 saturated heterocycles. The average Bonchev–Trinajstić information content (AvgIpc) is 2.35. The van der Waals surface area contributed by atoms with Gasteiger partial charge in [-0.25, -0.2) is 0 Å². The average molecular weight is 248 g/mol. The monoisotopic (exact) mass is 248 g/mol. The predicted molar refractivity (Wildman–Crippen MR) is 68.9 cm³/mol. The highest BCUT2D eigenvalue weighted by Gasteiger charge is 2.25. The first-order valence-corrected chi connectivity index (χ1v) is 5.92. The molecule has 1 N–H and O–H groups in total. The van der Waals surface area contributed by atoms with E-state index in [0.29, 0.717) is 19.5 Å². The Morgan fingerprint density at radius 3 is 2.67 bits per heavy atom. The molecule has 0 aliphatic carbocycles. The van der Waals surface area contributed by atoms with E-state index in [4.69, 9.17) is 5.11 Å². The van der Waals surface area contributed by atoms with Crippen molar-refractivity contribution < 1.29 is 14.7 Å². The molecule has 1 aromatic rings. The van der Waals surface area contributed by atoms with Crippen LogP contribution in [-0.4, -0.2) is 37.1 Å². The number of carboxylic acid groups (broad SMARTS) is 1. The molecule has 96 valence electrons. The van der Waals surface area contributed by atoms with Crippen molar-refractivity contribution in [1.29, 1.82) is 0 Å². The molecule has 5 heteroatoms. The van der Waals surface area contributed by atoms with Gasteiger partial charge >= 0.3 is 5.97 Å². The van der Waals surface area contributed by atoms with Crippen molar-refractivity contribution in [3.05, 3.63) is 24.3 Å². The van der Waals surface area contributed by atoms with E-state index in [1.54, 1.807) is 11.9 Å². The van der Waals surface area contributed by atoms with E-state index in [9.17, 15) is 9.59 Å². The highest BCUT2D eigenvalue weighted by atomic mass is 16.4. The predicted octanol–water partition coefficient (Wildman–Crippen LogP) is 1.33. The first-order valence-electron chi connectivity index (χ1n) is 5.92. The summed E-state index contributed by atoms with van der Waals surface area (Å²) in [4.78, 5) is 25.9. The van der Waals surface area contributed by atoms with E-state index in [1.165, 1.54) is 0 Å². The van der Waals surface area contributed by atoms with Gasteiger partial charge in [0, 0.05) is 20.0 Å². The van der Waals surface area contributed by atoms with Crippen LogP contribution in [0.25, 0.3) is 0 Å². The van der Waals surface area contributed by atoms with Crippen LogP contribution in [0.5, 0.6) is 0 Å². The number of anilines is 2. The normalized spacial score (nSPS) is 14.6. The second kappa shape index (κ2) is 5.08. The highest BCUT2D eigenvalue weighted by Crippen LogP contribution is 2.32. The van der Waals surface area contributed by atoms with E-state index >= 15 is 0 Å². The van der Waals surface area contributed by atoms with Crippen molar-refractivity contribution in [2.45, 2.75) is 12.8 Å². The third-order valence-corrected chi connectivity index (χ3v) is 3.10. The summed E-state index contributed by atoms with van der Waals surface area (Å²) < 4.78 is 0. The Labute approximate surface area is 106 Å². The minimum absolute atomic E-state index is 0.0315. The van der Waals surface area contributed by atoms with Gasteiger partial charge in [-0.15, -0.1) is 0 Å². The third kappa shape index (κ3) is 2.45. The lowest BCUT2D eigenvalue weighted by Crippen LogP contribution is -2.44. The van der Waals surface area contributed by atoms with E-state index in [1.807, 2.05) is 29.2 Å². The number of rotatable bonds is 4. The molecular formula is C13H16N2O3. The van der Waals surface area contributed by atoms with Crippen molar-refractivity contribution in [2.75, 3.05) is 29.9 Å². The molecule has 0 atom stereocenters. The number of benzene rings is 1. The number of hydrogen-bond acceptors (Lipinski definition) is 3. The maximum Gasteiger partial charge on any atom is 0.303 e. The van der Waals surface area contributed by atoms with Crippen LogP contribution in [0.3, 0.4) is 0 Å². The molecule has 0 bridgehead atoms. The maximum atomic E-state index is 11.8. The van der Waals surface area contributed by atoms with Crippen molar-refractivity contribution in [2.24, 2.45) is 0 Å². The van der Waals surface area contributed by atoms with E-state index in [0.717, 1.165) is 11.4 Å². The Bertz CT molecular complexity index is 473. The van der Waals surface area contributed by atoms with Gasteiger partial charge in [0.1, 0.15) is 0 Å². The Morgan fingerprint density at radius 2 is 2.00 bits per heavy atom. The number of carbonyl (C=O) groups is 2. The fourth-order valence-electron chi connectivity index (χ4n) is 2.12. The molecule has 0 unspecified atom stereocenters. The van der Waals surface area contributed by atoms with E-state index in [-0.39, 0.29) is 12.3 Å². The number of carboxylic acids is 1. The Morgan fingerprint density at radius 1 is 1.33 bits per heavy atom. The molecule has 1 aliphatic heterocycles. The molecule has 0 radical (unpaired) electrons. The van der Waals surface area contributed by atoms with Gasteiger partial charge in [0.05, 0.1) is 17.9 Å². The lowest BCUT2D eigenvalue weighted by atomic mass is 10.1. The van der Waals surface area contributed by atoms with Crippen LogP contribution in [0.15, 0.2) is 24.3 Å². The Kier molecular flexibility index (Phi) is 3.50. The lowest BCUT2D eigenvalue weighted by Gasteiger charge is -2.35. The summed E-state index contributed by atoms with van der Waals surface area (Å²) in [5.74, 6) is -0.771. The number of nitrogens with zero attached hydrogens (tertiary/aromatic N) is 2. The standard InChI is InChI=1S/C13H16N2O3/c1-14-10-5-2-3-6-11(10)15(9-12(14)16)8-4-7-13(17)18/h2-3,5-6H,4,7-9H2,1H3,(H,17,18). The number of para-hydroxylation sites is 2. The summed E-state index contributed by atoms with van der Waals surface area (Å²) in [6, 6.07) is 7.67. The highest BCUT2D eigenvalue weighted by molar-refractivity contribution is 6.02. The van der Waals surface area contributed by atoms with Crippen LogP contribution in [-0.2, 0) is 9.59 Å². The molecule has 0 spiro atoms. The van der Waals surface area contributed by atoms with Crippen LogP contribution < -0.4 is 9.80 Å². The summed E-state index contributed by atoms with van der Waals surface area (Å²) >= 11 is 0. The molecule has 0 aromatic heterocycles. The minimum atomic E-state index is -0.802. The number of fused-ring (bicyclic) bond motifs is 1. The van der Waals surface area contributed by atoms with Gasteiger partial charge in [0.25, 0.3) is 0 Å². The fraction of sp³-hybridized carbons (Fsp3) is 0.385. The van der Waals surface area contributed by atoms with Crippen molar-refractivity contribution in [3.63, 3.8) is 0 Å². The molecule has 1 heterocycles. The molecule has 1 amide bonds. The van der Waals surface area contributed by atoms with Gasteiger partial charge in [-0.1, -0.05) is 12.1 Å². The van der Waals surface area contributed by atoms with Crippen molar-refractivity contribution in [1.82, 2.24) is 0 Å². The molecular weight excluding hydrogens is 232 g/mol. The zero-order valence-corrected chi connectivity index (χ0v) is 10.3. The van der Waals surface area contributed by atoms with Gasteiger partial charge in [-0.3, -0.25) is 9.59 Å². The summed E-state index contributed by atoms with van der Waals surface area (Å²) in [7, 11) is 1.76. The second-order valence-corrected chi connectivity index (χ2v) is 4.36. The molecule has 2 rings (SSSR count). The van der Waals surface area contributed by atoms with Gasteiger partial charge in [0.2, 0.25) is 5.91 Å².